The van der Waals surface area contributed by atoms with Crippen LogP contribution in [-0.2, 0) is 0 Å². The molecule has 0 bridgehead atoms. The van der Waals surface area contributed by atoms with Crippen molar-refractivity contribution in [3.63, 3.8) is 0 Å². The lowest BCUT2D eigenvalue weighted by Crippen LogP contribution is -2.11. The number of benzene rings is 1. The first-order chi connectivity index (χ1) is 9.35. The van der Waals surface area contributed by atoms with Crippen molar-refractivity contribution in [2.24, 2.45) is 5.92 Å². The molecule has 1 fully saturated rings. The molecule has 104 valence electrons. The Balaban J connectivity index is 2.21. The van der Waals surface area contributed by atoms with Gasteiger partial charge in [-0.25, -0.2) is 0 Å². The van der Waals surface area contributed by atoms with E-state index in [4.69, 9.17) is 4.74 Å². The summed E-state index contributed by atoms with van der Waals surface area (Å²) < 4.78 is 5.64. The van der Waals surface area contributed by atoms with E-state index < -0.39 is 0 Å². The Morgan fingerprint density at radius 1 is 1.26 bits per heavy atom. The monoisotopic (exact) mass is 260 g/mol. The van der Waals surface area contributed by atoms with Gasteiger partial charge in [0, 0.05) is 5.56 Å². The fourth-order valence-corrected chi connectivity index (χ4v) is 2.85. The Hall–Kier alpha value is -1.28. The number of aliphatic hydroxyl groups is 1. The molecule has 0 aliphatic heterocycles. The van der Waals surface area contributed by atoms with E-state index >= 15 is 0 Å². The van der Waals surface area contributed by atoms with Crippen LogP contribution in [-0.4, -0.2) is 18.3 Å². The van der Waals surface area contributed by atoms with Crippen LogP contribution in [0.1, 0.15) is 44.6 Å². The number of rotatable bonds is 5. The minimum atomic E-state index is 0.158. The Morgan fingerprint density at radius 2 is 2.00 bits per heavy atom. The highest BCUT2D eigenvalue weighted by Gasteiger charge is 2.17. The summed E-state index contributed by atoms with van der Waals surface area (Å²) in [6.07, 6.45) is 8.46. The molecule has 1 saturated carbocycles. The molecular weight excluding hydrogens is 236 g/mol. The van der Waals surface area contributed by atoms with Gasteiger partial charge in [0.1, 0.15) is 5.75 Å². The molecule has 1 N–H and O–H groups in total. The van der Waals surface area contributed by atoms with E-state index in [9.17, 15) is 5.11 Å². The van der Waals surface area contributed by atoms with Crippen LogP contribution in [0, 0.1) is 5.92 Å². The molecular formula is C17H24O2. The zero-order valence-electron chi connectivity index (χ0n) is 11.8. The van der Waals surface area contributed by atoms with E-state index in [0.717, 1.165) is 16.9 Å². The van der Waals surface area contributed by atoms with E-state index in [0.29, 0.717) is 12.5 Å². The Labute approximate surface area is 116 Å². The van der Waals surface area contributed by atoms with Crippen molar-refractivity contribution in [2.75, 3.05) is 13.2 Å². The van der Waals surface area contributed by atoms with Gasteiger partial charge in [0.15, 0.2) is 0 Å². The predicted molar refractivity (Wildman–Crippen MR) is 79.2 cm³/mol. The lowest BCUT2D eigenvalue weighted by Gasteiger charge is -2.23. The maximum absolute atomic E-state index is 9.65. The quantitative estimate of drug-likeness (QED) is 0.865. The standard InChI is InChI=1S/C17H24O2/c1-2-19-17-11-7-6-10-15(17)12-16(13-18)14-8-4-3-5-9-14/h6-7,10-12,14,18H,2-5,8-9,13H2,1H3. The van der Waals surface area contributed by atoms with Crippen molar-refractivity contribution in [2.45, 2.75) is 39.0 Å². The van der Waals surface area contributed by atoms with E-state index in [-0.39, 0.29) is 6.61 Å². The Bertz CT molecular complexity index is 417. The van der Waals surface area contributed by atoms with E-state index in [1.54, 1.807) is 0 Å². The van der Waals surface area contributed by atoms with Crippen LogP contribution in [0.3, 0.4) is 0 Å². The van der Waals surface area contributed by atoms with Crippen molar-refractivity contribution < 1.29 is 9.84 Å². The first-order valence-corrected chi connectivity index (χ1v) is 7.38. The van der Waals surface area contributed by atoms with Gasteiger partial charge in [0.05, 0.1) is 13.2 Å². The summed E-state index contributed by atoms with van der Waals surface area (Å²) in [4.78, 5) is 0. The maximum atomic E-state index is 9.65. The summed E-state index contributed by atoms with van der Waals surface area (Å²) in [7, 11) is 0. The molecule has 19 heavy (non-hydrogen) atoms. The third kappa shape index (κ3) is 3.84. The average molecular weight is 260 g/mol. The van der Waals surface area contributed by atoms with Crippen LogP contribution < -0.4 is 4.74 Å². The van der Waals surface area contributed by atoms with Crippen LogP contribution in [0.2, 0.25) is 0 Å². The van der Waals surface area contributed by atoms with Gasteiger partial charge in [0.2, 0.25) is 0 Å². The fourth-order valence-electron chi connectivity index (χ4n) is 2.85. The van der Waals surface area contributed by atoms with Gasteiger partial charge >= 0.3 is 0 Å². The van der Waals surface area contributed by atoms with Crippen LogP contribution in [0.5, 0.6) is 5.75 Å². The summed E-state index contributed by atoms with van der Waals surface area (Å²) in [5.41, 5.74) is 2.24. The predicted octanol–water partition coefficient (Wildman–Crippen LogP) is 4.04. The average Bonchev–Trinajstić information content (AvgIpc) is 2.47. The molecule has 1 aromatic rings. The summed E-state index contributed by atoms with van der Waals surface area (Å²) >= 11 is 0. The van der Waals surface area contributed by atoms with E-state index in [1.165, 1.54) is 32.1 Å². The highest BCUT2D eigenvalue weighted by molar-refractivity contribution is 5.60. The van der Waals surface area contributed by atoms with Gasteiger partial charge < -0.3 is 9.84 Å². The molecule has 0 heterocycles. The number of aliphatic hydroxyl groups excluding tert-OH is 1. The van der Waals surface area contributed by atoms with Crippen LogP contribution >= 0.6 is 0 Å². The van der Waals surface area contributed by atoms with Crippen molar-refractivity contribution >= 4 is 6.08 Å². The van der Waals surface area contributed by atoms with E-state index in [1.807, 2.05) is 25.1 Å². The molecule has 1 aromatic carbocycles. The highest BCUT2D eigenvalue weighted by atomic mass is 16.5. The van der Waals surface area contributed by atoms with Gasteiger partial charge in [-0.05, 0) is 43.4 Å². The maximum Gasteiger partial charge on any atom is 0.126 e. The van der Waals surface area contributed by atoms with Gasteiger partial charge in [0.25, 0.3) is 0 Å². The minimum absolute atomic E-state index is 0.158. The van der Waals surface area contributed by atoms with Crippen LogP contribution in [0.4, 0.5) is 0 Å². The van der Waals surface area contributed by atoms with Crippen LogP contribution in [0.25, 0.3) is 6.08 Å². The summed E-state index contributed by atoms with van der Waals surface area (Å²) in [5.74, 6) is 1.46. The molecule has 2 heteroatoms. The molecule has 0 aromatic heterocycles. The molecule has 2 nitrogen and oxygen atoms in total. The zero-order chi connectivity index (χ0) is 13.5. The van der Waals surface area contributed by atoms with Crippen molar-refractivity contribution in [3.8, 4) is 5.75 Å². The molecule has 0 saturated heterocycles. The first kappa shape index (κ1) is 14.1. The second-order valence-corrected chi connectivity index (χ2v) is 5.18. The largest absolute Gasteiger partial charge is 0.493 e. The number of para-hydroxylation sites is 1. The molecule has 0 spiro atoms. The Morgan fingerprint density at radius 3 is 2.68 bits per heavy atom. The summed E-state index contributed by atoms with van der Waals surface area (Å²) in [5, 5.41) is 9.65. The molecule has 0 amide bonds. The van der Waals surface area contributed by atoms with Crippen molar-refractivity contribution in [1.29, 1.82) is 0 Å². The molecule has 1 aliphatic rings. The normalized spacial score (nSPS) is 17.5. The third-order valence-corrected chi connectivity index (χ3v) is 3.87. The number of hydrogen-bond acceptors (Lipinski definition) is 2. The SMILES string of the molecule is CCOc1ccccc1C=C(CO)C1CCCCC1. The molecule has 0 unspecified atom stereocenters. The molecule has 2 rings (SSSR count). The lowest BCUT2D eigenvalue weighted by atomic mass is 9.83. The Kier molecular flexibility index (Phi) is 5.46. The van der Waals surface area contributed by atoms with E-state index in [2.05, 4.69) is 12.1 Å². The first-order valence-electron chi connectivity index (χ1n) is 7.38. The van der Waals surface area contributed by atoms with Gasteiger partial charge in [-0.15, -0.1) is 0 Å². The number of hydrogen-bond donors (Lipinski definition) is 1. The van der Waals surface area contributed by atoms with Crippen molar-refractivity contribution in [1.82, 2.24) is 0 Å². The summed E-state index contributed by atoms with van der Waals surface area (Å²) in [6, 6.07) is 8.06. The molecule has 0 radical (unpaired) electrons. The lowest BCUT2D eigenvalue weighted by molar-refractivity contribution is 0.295. The van der Waals surface area contributed by atoms with Crippen LogP contribution in [0.15, 0.2) is 29.8 Å². The second-order valence-electron chi connectivity index (χ2n) is 5.18. The fraction of sp³-hybridized carbons (Fsp3) is 0.529. The minimum Gasteiger partial charge on any atom is -0.493 e. The van der Waals surface area contributed by atoms with Gasteiger partial charge in [-0.1, -0.05) is 37.5 Å². The molecule has 0 atom stereocenters. The molecule has 1 aliphatic carbocycles. The summed E-state index contributed by atoms with van der Waals surface area (Å²) in [6.45, 7) is 2.82. The van der Waals surface area contributed by atoms with Gasteiger partial charge in [-0.3, -0.25) is 0 Å². The number of ether oxygens (including phenoxy) is 1. The zero-order valence-corrected chi connectivity index (χ0v) is 11.8. The third-order valence-electron chi connectivity index (χ3n) is 3.87. The van der Waals surface area contributed by atoms with Crippen molar-refractivity contribution in [3.05, 3.63) is 35.4 Å². The smallest absolute Gasteiger partial charge is 0.126 e. The second kappa shape index (κ2) is 7.34. The topological polar surface area (TPSA) is 29.5 Å². The highest BCUT2D eigenvalue weighted by Crippen LogP contribution is 2.32. The van der Waals surface area contributed by atoms with Gasteiger partial charge in [-0.2, -0.15) is 0 Å².